The predicted octanol–water partition coefficient (Wildman–Crippen LogP) is 20.2. The number of benzene rings is 12. The lowest BCUT2D eigenvalue weighted by atomic mass is 9.91. The Bertz CT molecular complexity index is 4090. The molecule has 0 atom stereocenters. The van der Waals surface area contributed by atoms with Gasteiger partial charge in [0, 0.05) is 76.2 Å². The number of hydrogen-bond acceptors (Lipinski definition) is 4. The molecule has 3 nitrogen and oxygen atoms in total. The topological polar surface area (TPSA) is 19.6 Å². The highest BCUT2D eigenvalue weighted by Crippen LogP contribution is 2.49. The van der Waals surface area contributed by atoms with Gasteiger partial charge in [0.15, 0.2) is 0 Å². The van der Waals surface area contributed by atoms with Crippen LogP contribution in [0.3, 0.4) is 0 Å². The molecule has 338 valence electrons. The van der Waals surface area contributed by atoms with Crippen LogP contribution in [0.25, 0.3) is 97.0 Å². The molecule has 0 fully saturated rings. The quantitative estimate of drug-likeness (QED) is 0.144. The van der Waals surface area contributed by atoms with Crippen molar-refractivity contribution in [2.24, 2.45) is 0 Å². The lowest BCUT2D eigenvalue weighted by Crippen LogP contribution is -2.10. The normalized spacial score (nSPS) is 11.6. The van der Waals surface area contributed by atoms with E-state index in [9.17, 15) is 0 Å². The molecule has 4 heteroatoms. The van der Waals surface area contributed by atoms with Crippen molar-refractivity contribution < 1.29 is 4.42 Å². The van der Waals surface area contributed by atoms with Crippen molar-refractivity contribution in [3.63, 3.8) is 0 Å². The summed E-state index contributed by atoms with van der Waals surface area (Å²) >= 11 is 1.86. The second-order valence-corrected chi connectivity index (χ2v) is 19.6. The van der Waals surface area contributed by atoms with Crippen molar-refractivity contribution in [2.45, 2.75) is 0 Å². The van der Waals surface area contributed by atoms with Crippen LogP contribution in [-0.2, 0) is 0 Å². The first-order chi connectivity index (χ1) is 35.7. The average Bonchev–Trinajstić information content (AvgIpc) is 4.02. The molecule has 0 spiro atoms. The van der Waals surface area contributed by atoms with E-state index < -0.39 is 0 Å². The summed E-state index contributed by atoms with van der Waals surface area (Å²) in [7, 11) is 0. The third-order valence-corrected chi connectivity index (χ3v) is 15.3. The third kappa shape index (κ3) is 7.28. The third-order valence-electron chi connectivity index (χ3n) is 14.1. The van der Waals surface area contributed by atoms with Gasteiger partial charge in [-0.3, -0.25) is 0 Å². The fourth-order valence-corrected chi connectivity index (χ4v) is 11.9. The summed E-state index contributed by atoms with van der Waals surface area (Å²) in [5.41, 5.74) is 14.8. The minimum Gasteiger partial charge on any atom is -0.455 e. The molecule has 14 aromatic rings. The summed E-state index contributed by atoms with van der Waals surface area (Å²) in [4.78, 5) is 4.80. The van der Waals surface area contributed by atoms with E-state index >= 15 is 0 Å². The van der Waals surface area contributed by atoms with Crippen molar-refractivity contribution in [3.05, 3.63) is 267 Å². The van der Waals surface area contributed by atoms with E-state index in [0.717, 1.165) is 83.9 Å². The van der Waals surface area contributed by atoms with Crippen LogP contribution in [-0.4, -0.2) is 0 Å². The smallest absolute Gasteiger partial charge is 0.143 e. The zero-order valence-corrected chi connectivity index (χ0v) is 39.9. The highest BCUT2D eigenvalue weighted by molar-refractivity contribution is 7.26. The minimum absolute atomic E-state index is 0.856. The minimum atomic E-state index is 0.856. The van der Waals surface area contributed by atoms with E-state index in [1.54, 1.807) is 0 Å². The summed E-state index contributed by atoms with van der Waals surface area (Å²) in [5.74, 6) is 0. The number of hydrogen-bond donors (Lipinski definition) is 0. The Morgan fingerprint density at radius 2 is 0.764 bits per heavy atom. The zero-order valence-electron chi connectivity index (χ0n) is 39.1. The molecule has 0 aliphatic rings. The number of furan rings is 1. The van der Waals surface area contributed by atoms with Gasteiger partial charge in [-0.25, -0.2) is 0 Å². The van der Waals surface area contributed by atoms with E-state index in [-0.39, 0.29) is 0 Å². The second kappa shape index (κ2) is 17.3. The molecule has 0 amide bonds. The van der Waals surface area contributed by atoms with Crippen LogP contribution in [0.2, 0.25) is 0 Å². The van der Waals surface area contributed by atoms with E-state index in [1.165, 1.54) is 47.3 Å². The fourth-order valence-electron chi connectivity index (χ4n) is 10.7. The molecule has 0 radical (unpaired) electrons. The van der Waals surface area contributed by atoms with E-state index in [4.69, 9.17) is 4.42 Å². The Morgan fingerprint density at radius 1 is 0.278 bits per heavy atom. The summed E-state index contributed by atoms with van der Waals surface area (Å²) < 4.78 is 9.50. The van der Waals surface area contributed by atoms with Crippen LogP contribution < -0.4 is 9.80 Å². The average molecular weight is 937 g/mol. The van der Waals surface area contributed by atoms with Crippen molar-refractivity contribution in [3.8, 4) is 33.4 Å². The molecular formula is C68H44N2OS. The van der Waals surface area contributed by atoms with Gasteiger partial charge < -0.3 is 14.2 Å². The SMILES string of the molecule is c1ccc(-c2cc(-c3cc(N(c4ccccc4)c4ccc5ccccc5c4)cc4c3oc3ccccc34)cc(-c3cc(N(c4ccccc4)c4ccc5ccccc5c4)cc4c3sc3ccccc34)c2)cc1. The maximum atomic E-state index is 7.00. The second-order valence-electron chi connectivity index (χ2n) is 18.5. The largest absolute Gasteiger partial charge is 0.455 e. The lowest BCUT2D eigenvalue weighted by Gasteiger charge is -2.27. The summed E-state index contributed by atoms with van der Waals surface area (Å²) in [6.07, 6.45) is 0. The van der Waals surface area contributed by atoms with Crippen molar-refractivity contribution in [1.29, 1.82) is 0 Å². The van der Waals surface area contributed by atoms with Crippen LogP contribution in [0.4, 0.5) is 34.1 Å². The van der Waals surface area contributed by atoms with Gasteiger partial charge in [0.1, 0.15) is 11.2 Å². The van der Waals surface area contributed by atoms with Crippen molar-refractivity contribution in [1.82, 2.24) is 0 Å². The molecule has 0 bridgehead atoms. The number of thiophene rings is 1. The van der Waals surface area contributed by atoms with Gasteiger partial charge in [0.25, 0.3) is 0 Å². The molecule has 2 heterocycles. The predicted molar refractivity (Wildman–Crippen MR) is 307 cm³/mol. The first-order valence-corrected chi connectivity index (χ1v) is 25.3. The molecule has 0 saturated heterocycles. The maximum Gasteiger partial charge on any atom is 0.143 e. The van der Waals surface area contributed by atoms with Crippen molar-refractivity contribution in [2.75, 3.05) is 9.80 Å². The zero-order chi connectivity index (χ0) is 47.5. The Balaban J connectivity index is 1.05. The Morgan fingerprint density at radius 3 is 1.40 bits per heavy atom. The van der Waals surface area contributed by atoms with Gasteiger partial charge in [0.2, 0.25) is 0 Å². The summed E-state index contributed by atoms with van der Waals surface area (Å²) in [6.45, 7) is 0. The molecule has 0 aliphatic carbocycles. The lowest BCUT2D eigenvalue weighted by molar-refractivity contribution is 0.670. The molecule has 0 saturated carbocycles. The van der Waals surface area contributed by atoms with Gasteiger partial charge in [-0.1, -0.05) is 164 Å². The molecule has 72 heavy (non-hydrogen) atoms. The Kier molecular flexibility index (Phi) is 10.0. The van der Waals surface area contributed by atoms with Crippen LogP contribution in [0, 0.1) is 0 Å². The number of fused-ring (bicyclic) bond motifs is 8. The highest BCUT2D eigenvalue weighted by Gasteiger charge is 2.23. The maximum absolute atomic E-state index is 7.00. The molecule has 14 rings (SSSR count). The Hall–Kier alpha value is -9.22. The van der Waals surface area contributed by atoms with Gasteiger partial charge >= 0.3 is 0 Å². The fraction of sp³-hybridized carbons (Fsp3) is 0. The van der Waals surface area contributed by atoms with Gasteiger partial charge in [-0.2, -0.15) is 0 Å². The number of nitrogens with zero attached hydrogens (tertiary/aromatic N) is 2. The van der Waals surface area contributed by atoms with Crippen LogP contribution >= 0.6 is 11.3 Å². The monoisotopic (exact) mass is 936 g/mol. The van der Waals surface area contributed by atoms with E-state index in [1.807, 2.05) is 11.3 Å². The molecule has 12 aromatic carbocycles. The van der Waals surface area contributed by atoms with E-state index in [2.05, 4.69) is 277 Å². The highest BCUT2D eigenvalue weighted by atomic mass is 32.1. The first-order valence-electron chi connectivity index (χ1n) is 24.5. The van der Waals surface area contributed by atoms with Crippen LogP contribution in [0.1, 0.15) is 0 Å². The van der Waals surface area contributed by atoms with Gasteiger partial charge in [0.05, 0.1) is 0 Å². The number of rotatable bonds is 9. The summed E-state index contributed by atoms with van der Waals surface area (Å²) in [5, 5.41) is 9.43. The van der Waals surface area contributed by atoms with Crippen molar-refractivity contribution >= 4 is 109 Å². The van der Waals surface area contributed by atoms with Gasteiger partial charge in [-0.05, 0) is 147 Å². The first kappa shape index (κ1) is 41.7. The molecule has 2 aromatic heterocycles. The number of anilines is 6. The van der Waals surface area contributed by atoms with Crippen LogP contribution in [0.5, 0.6) is 0 Å². The Labute approximate surface area is 421 Å². The van der Waals surface area contributed by atoms with Crippen LogP contribution in [0.15, 0.2) is 271 Å². The standard InChI is InChI=1S/C68H44N2OS/c1-4-18-45(19-5-1)50-36-51(61-41-57(43-63-59-28-14-16-30-65(59)71-67(61)63)69(53-24-6-2-7-25-53)55-34-32-46-20-10-12-22-48(46)39-55)38-52(37-50)62-42-58(44-64-60-29-15-17-31-66(60)72-68(62)64)70(54-26-8-3-9-27-54)56-35-33-47-21-11-13-23-49(47)40-56/h1-44H. The summed E-state index contributed by atoms with van der Waals surface area (Å²) in [6, 6.07) is 96.9. The molecule has 0 unspecified atom stereocenters. The molecule has 0 aliphatic heterocycles. The molecule has 0 N–H and O–H groups in total. The number of para-hydroxylation sites is 3. The van der Waals surface area contributed by atoms with E-state index in [0.29, 0.717) is 0 Å². The molecular weight excluding hydrogens is 893 g/mol. The van der Waals surface area contributed by atoms with Gasteiger partial charge in [-0.15, -0.1) is 11.3 Å².